The predicted molar refractivity (Wildman–Crippen MR) is 34.4 cm³/mol. The highest BCUT2D eigenvalue weighted by Gasteiger charge is 2.02. The number of hydrogen-bond acceptors (Lipinski definition) is 2. The van der Waals surface area contributed by atoms with Crippen molar-refractivity contribution in [2.24, 2.45) is 5.73 Å². The zero-order chi connectivity index (χ0) is 6.69. The number of carbonyl (C=O) groups excluding carboxylic acids is 1. The standard InChI is InChI=1S/C6H8N2O/c7-6(9)5-3-1-2-4-8-5/h1-3,8H,4H2,(H2,7,9). The van der Waals surface area contributed by atoms with Crippen LogP contribution in [-0.4, -0.2) is 12.5 Å². The van der Waals surface area contributed by atoms with Crippen LogP contribution in [0.1, 0.15) is 0 Å². The molecule has 48 valence electrons. The molecule has 1 amide bonds. The van der Waals surface area contributed by atoms with Gasteiger partial charge in [-0.15, -0.1) is 0 Å². The van der Waals surface area contributed by atoms with Crippen molar-refractivity contribution in [3.05, 3.63) is 23.9 Å². The lowest BCUT2D eigenvalue weighted by Crippen LogP contribution is -2.27. The van der Waals surface area contributed by atoms with E-state index >= 15 is 0 Å². The van der Waals surface area contributed by atoms with E-state index in [2.05, 4.69) is 5.32 Å². The summed E-state index contributed by atoms with van der Waals surface area (Å²) in [6.07, 6.45) is 5.37. The predicted octanol–water partition coefficient (Wildman–Crippen LogP) is -0.485. The number of rotatable bonds is 1. The van der Waals surface area contributed by atoms with Gasteiger partial charge in [0, 0.05) is 6.54 Å². The Kier molecular flexibility index (Phi) is 1.53. The molecule has 3 nitrogen and oxygen atoms in total. The molecule has 0 saturated carbocycles. The van der Waals surface area contributed by atoms with Crippen LogP contribution in [0, 0.1) is 0 Å². The van der Waals surface area contributed by atoms with Crippen molar-refractivity contribution in [2.45, 2.75) is 0 Å². The van der Waals surface area contributed by atoms with Crippen molar-refractivity contribution in [1.29, 1.82) is 0 Å². The maximum absolute atomic E-state index is 10.4. The fourth-order valence-electron chi connectivity index (χ4n) is 0.629. The van der Waals surface area contributed by atoms with E-state index < -0.39 is 5.91 Å². The molecule has 3 heteroatoms. The fraction of sp³-hybridized carbons (Fsp3) is 0.167. The summed E-state index contributed by atoms with van der Waals surface area (Å²) in [5.74, 6) is -0.403. The lowest BCUT2D eigenvalue weighted by atomic mass is 10.3. The maximum atomic E-state index is 10.4. The van der Waals surface area contributed by atoms with E-state index in [1.165, 1.54) is 0 Å². The molecule has 0 atom stereocenters. The first-order chi connectivity index (χ1) is 4.30. The molecule has 0 aromatic carbocycles. The lowest BCUT2D eigenvalue weighted by Gasteiger charge is -2.06. The normalized spacial score (nSPS) is 16.2. The summed E-state index contributed by atoms with van der Waals surface area (Å²) < 4.78 is 0. The van der Waals surface area contributed by atoms with Crippen molar-refractivity contribution in [3.63, 3.8) is 0 Å². The monoisotopic (exact) mass is 124 g/mol. The summed E-state index contributed by atoms with van der Waals surface area (Å²) in [5, 5.41) is 2.82. The molecular formula is C6H8N2O. The van der Waals surface area contributed by atoms with E-state index in [0.717, 1.165) is 0 Å². The Balaban J connectivity index is 2.68. The molecule has 1 rings (SSSR count). The topological polar surface area (TPSA) is 55.1 Å². The van der Waals surface area contributed by atoms with Gasteiger partial charge in [0.25, 0.3) is 5.91 Å². The van der Waals surface area contributed by atoms with E-state index in [1.54, 1.807) is 12.2 Å². The van der Waals surface area contributed by atoms with E-state index in [-0.39, 0.29) is 0 Å². The number of hydrogen-bond donors (Lipinski definition) is 2. The fourth-order valence-corrected chi connectivity index (χ4v) is 0.629. The molecule has 0 aromatic rings. The van der Waals surface area contributed by atoms with Crippen LogP contribution in [0.2, 0.25) is 0 Å². The van der Waals surface area contributed by atoms with Crippen molar-refractivity contribution in [2.75, 3.05) is 6.54 Å². The van der Waals surface area contributed by atoms with Crippen LogP contribution in [0.4, 0.5) is 0 Å². The van der Waals surface area contributed by atoms with Crippen LogP contribution >= 0.6 is 0 Å². The number of carbonyl (C=O) groups is 1. The van der Waals surface area contributed by atoms with Crippen molar-refractivity contribution in [3.8, 4) is 0 Å². The van der Waals surface area contributed by atoms with Crippen LogP contribution in [-0.2, 0) is 4.79 Å². The average molecular weight is 124 g/mol. The highest BCUT2D eigenvalue weighted by molar-refractivity contribution is 5.91. The minimum Gasteiger partial charge on any atom is -0.377 e. The van der Waals surface area contributed by atoms with Gasteiger partial charge >= 0.3 is 0 Å². The van der Waals surface area contributed by atoms with Gasteiger partial charge in [-0.1, -0.05) is 12.2 Å². The number of amides is 1. The molecule has 0 saturated heterocycles. The second-order valence-electron chi connectivity index (χ2n) is 1.75. The maximum Gasteiger partial charge on any atom is 0.264 e. The smallest absolute Gasteiger partial charge is 0.264 e. The molecule has 0 fully saturated rings. The number of allylic oxidation sites excluding steroid dienone is 2. The van der Waals surface area contributed by atoms with Crippen LogP contribution < -0.4 is 11.1 Å². The Morgan fingerprint density at radius 1 is 1.78 bits per heavy atom. The molecule has 0 spiro atoms. The summed E-state index contributed by atoms with van der Waals surface area (Å²) in [5.41, 5.74) is 5.45. The van der Waals surface area contributed by atoms with Gasteiger partial charge in [-0.25, -0.2) is 0 Å². The zero-order valence-electron chi connectivity index (χ0n) is 4.92. The molecule has 0 aromatic heterocycles. The highest BCUT2D eigenvalue weighted by Crippen LogP contribution is 1.92. The first-order valence-corrected chi connectivity index (χ1v) is 2.71. The van der Waals surface area contributed by atoms with Gasteiger partial charge in [0.2, 0.25) is 0 Å². The molecule has 1 aliphatic heterocycles. The molecule has 0 bridgehead atoms. The van der Waals surface area contributed by atoms with E-state index in [1.807, 2.05) is 6.08 Å². The quantitative estimate of drug-likeness (QED) is 0.496. The third kappa shape index (κ3) is 1.32. The SMILES string of the molecule is NC(=O)C1=CC=CCN1. The Labute approximate surface area is 53.2 Å². The summed E-state index contributed by atoms with van der Waals surface area (Å²) in [7, 11) is 0. The average Bonchev–Trinajstić information content (AvgIpc) is 1.90. The van der Waals surface area contributed by atoms with Crippen molar-refractivity contribution in [1.82, 2.24) is 5.32 Å². The third-order valence-electron chi connectivity index (χ3n) is 1.07. The molecule has 1 aliphatic rings. The summed E-state index contributed by atoms with van der Waals surface area (Å²) in [6.45, 7) is 0.689. The summed E-state index contributed by atoms with van der Waals surface area (Å²) >= 11 is 0. The van der Waals surface area contributed by atoms with Gasteiger partial charge < -0.3 is 11.1 Å². The number of primary amides is 1. The van der Waals surface area contributed by atoms with Gasteiger partial charge in [-0.2, -0.15) is 0 Å². The van der Waals surface area contributed by atoms with Crippen LogP contribution in [0.25, 0.3) is 0 Å². The summed E-state index contributed by atoms with van der Waals surface area (Å²) in [4.78, 5) is 10.4. The van der Waals surface area contributed by atoms with Crippen molar-refractivity contribution >= 4 is 5.91 Å². The minimum atomic E-state index is -0.403. The molecule has 0 radical (unpaired) electrons. The molecule has 9 heavy (non-hydrogen) atoms. The number of dihydropyridines is 1. The first kappa shape index (κ1) is 5.88. The van der Waals surface area contributed by atoms with Gasteiger partial charge in [-0.05, 0) is 6.08 Å². The van der Waals surface area contributed by atoms with E-state index in [0.29, 0.717) is 12.2 Å². The van der Waals surface area contributed by atoms with Gasteiger partial charge in [0.15, 0.2) is 0 Å². The van der Waals surface area contributed by atoms with Gasteiger partial charge in [0.1, 0.15) is 0 Å². The van der Waals surface area contributed by atoms with Crippen molar-refractivity contribution < 1.29 is 4.79 Å². The minimum absolute atomic E-state index is 0.403. The largest absolute Gasteiger partial charge is 0.377 e. The number of nitrogens with two attached hydrogens (primary N) is 1. The molecule has 0 aliphatic carbocycles. The highest BCUT2D eigenvalue weighted by atomic mass is 16.1. The van der Waals surface area contributed by atoms with Gasteiger partial charge in [-0.3, -0.25) is 4.79 Å². The van der Waals surface area contributed by atoms with E-state index in [9.17, 15) is 4.79 Å². The second kappa shape index (κ2) is 2.35. The molecule has 3 N–H and O–H groups in total. The van der Waals surface area contributed by atoms with Crippen LogP contribution in [0.5, 0.6) is 0 Å². The zero-order valence-corrected chi connectivity index (χ0v) is 4.92. The lowest BCUT2D eigenvalue weighted by molar-refractivity contribution is -0.114. The summed E-state index contributed by atoms with van der Waals surface area (Å²) in [6, 6.07) is 0. The Bertz CT molecular complexity index is 181. The molecular weight excluding hydrogens is 116 g/mol. The molecule has 0 unspecified atom stereocenters. The third-order valence-corrected chi connectivity index (χ3v) is 1.07. The Morgan fingerprint density at radius 2 is 2.56 bits per heavy atom. The Hall–Kier alpha value is -1.25. The first-order valence-electron chi connectivity index (χ1n) is 2.71. The van der Waals surface area contributed by atoms with Gasteiger partial charge in [0.05, 0.1) is 5.70 Å². The van der Waals surface area contributed by atoms with Crippen LogP contribution in [0.3, 0.4) is 0 Å². The molecule has 1 heterocycles. The second-order valence-corrected chi connectivity index (χ2v) is 1.75. The Morgan fingerprint density at radius 3 is 2.89 bits per heavy atom. The van der Waals surface area contributed by atoms with Crippen LogP contribution in [0.15, 0.2) is 23.9 Å². The van der Waals surface area contributed by atoms with E-state index in [4.69, 9.17) is 5.73 Å². The number of nitrogens with one attached hydrogen (secondary N) is 1.